The van der Waals surface area contributed by atoms with Crippen molar-refractivity contribution in [1.29, 1.82) is 0 Å². The number of aromatic carboxylic acids is 1. The van der Waals surface area contributed by atoms with Gasteiger partial charge in [-0.3, -0.25) is 0 Å². The summed E-state index contributed by atoms with van der Waals surface area (Å²) in [6.07, 6.45) is 3.37. The Hall–Kier alpha value is -2.36. The minimum absolute atomic E-state index is 0.0686. The summed E-state index contributed by atoms with van der Waals surface area (Å²) in [4.78, 5) is 15.0. The van der Waals surface area contributed by atoms with Crippen LogP contribution in [0.5, 0.6) is 0 Å². The molecule has 4 heteroatoms. The monoisotopic (exact) mass is 270 g/mol. The highest BCUT2D eigenvalue weighted by molar-refractivity contribution is 5.91. The van der Waals surface area contributed by atoms with E-state index in [1.54, 1.807) is 12.1 Å². The lowest BCUT2D eigenvalue weighted by Gasteiger charge is -2.16. The molecule has 1 heterocycles. The predicted molar refractivity (Wildman–Crippen MR) is 79.0 cm³/mol. The van der Waals surface area contributed by atoms with Gasteiger partial charge < -0.3 is 10.4 Å². The second kappa shape index (κ2) is 6.70. The molecule has 2 N–H and O–H groups in total. The molecule has 0 bridgehead atoms. The standard InChI is InChI=1S/C16H18N2O2/c1-12(9-10-13-6-3-2-4-7-13)18-14-8-5-11-17-15(14)16(19)20/h2-8,11-12,18H,9-10H2,1H3,(H,19,20). The third-order valence-electron chi connectivity index (χ3n) is 3.12. The van der Waals surface area contributed by atoms with Crippen molar-refractivity contribution >= 4 is 11.7 Å². The Balaban J connectivity index is 1.95. The molecule has 20 heavy (non-hydrogen) atoms. The van der Waals surface area contributed by atoms with Gasteiger partial charge in [-0.15, -0.1) is 0 Å². The van der Waals surface area contributed by atoms with Crippen molar-refractivity contribution < 1.29 is 9.90 Å². The van der Waals surface area contributed by atoms with E-state index in [1.807, 2.05) is 25.1 Å². The SMILES string of the molecule is CC(CCc1ccccc1)Nc1cccnc1C(=O)O. The molecule has 4 nitrogen and oxygen atoms in total. The van der Waals surface area contributed by atoms with E-state index in [0.717, 1.165) is 12.8 Å². The van der Waals surface area contributed by atoms with Gasteiger partial charge in [-0.1, -0.05) is 30.3 Å². The molecule has 2 rings (SSSR count). The van der Waals surface area contributed by atoms with E-state index in [-0.39, 0.29) is 11.7 Å². The van der Waals surface area contributed by atoms with Gasteiger partial charge in [0, 0.05) is 12.2 Å². The lowest BCUT2D eigenvalue weighted by Crippen LogP contribution is -2.18. The first-order valence-electron chi connectivity index (χ1n) is 6.65. The molecule has 0 aliphatic carbocycles. The third-order valence-corrected chi connectivity index (χ3v) is 3.12. The summed E-state index contributed by atoms with van der Waals surface area (Å²) in [6, 6.07) is 13.9. The fourth-order valence-electron chi connectivity index (χ4n) is 2.06. The second-order valence-corrected chi connectivity index (χ2v) is 4.77. The smallest absolute Gasteiger partial charge is 0.356 e. The number of hydrogen-bond acceptors (Lipinski definition) is 3. The summed E-state index contributed by atoms with van der Waals surface area (Å²) in [6.45, 7) is 2.04. The van der Waals surface area contributed by atoms with E-state index < -0.39 is 5.97 Å². The molecule has 1 aromatic carbocycles. The average molecular weight is 270 g/mol. The molecule has 104 valence electrons. The first-order chi connectivity index (χ1) is 9.66. The first kappa shape index (κ1) is 14.1. The number of aromatic nitrogens is 1. The molecule has 2 aromatic rings. The Labute approximate surface area is 118 Å². The number of carboxylic acids is 1. The molecule has 0 saturated carbocycles. The summed E-state index contributed by atoms with van der Waals surface area (Å²) in [5.41, 5.74) is 1.92. The zero-order valence-corrected chi connectivity index (χ0v) is 11.4. The molecule has 1 atom stereocenters. The van der Waals surface area contributed by atoms with E-state index in [2.05, 4.69) is 22.4 Å². The Morgan fingerprint density at radius 2 is 2.00 bits per heavy atom. The largest absolute Gasteiger partial charge is 0.476 e. The van der Waals surface area contributed by atoms with Crippen molar-refractivity contribution in [3.63, 3.8) is 0 Å². The topological polar surface area (TPSA) is 62.2 Å². The average Bonchev–Trinajstić information content (AvgIpc) is 2.46. The van der Waals surface area contributed by atoms with Crippen molar-refractivity contribution in [2.75, 3.05) is 5.32 Å². The van der Waals surface area contributed by atoms with E-state index in [4.69, 9.17) is 5.11 Å². The maximum atomic E-state index is 11.1. The number of nitrogens with one attached hydrogen (secondary N) is 1. The van der Waals surface area contributed by atoms with Gasteiger partial charge in [-0.05, 0) is 37.5 Å². The number of nitrogens with zero attached hydrogens (tertiary/aromatic N) is 1. The highest BCUT2D eigenvalue weighted by atomic mass is 16.4. The molecule has 0 aliphatic heterocycles. The number of aryl methyl sites for hydroxylation is 1. The molecule has 0 spiro atoms. The van der Waals surface area contributed by atoms with Gasteiger partial charge >= 0.3 is 5.97 Å². The van der Waals surface area contributed by atoms with Crippen LogP contribution < -0.4 is 5.32 Å². The molecule has 1 unspecified atom stereocenters. The van der Waals surface area contributed by atoms with Gasteiger partial charge in [0.05, 0.1) is 5.69 Å². The van der Waals surface area contributed by atoms with Crippen molar-refractivity contribution in [2.45, 2.75) is 25.8 Å². The number of carbonyl (C=O) groups is 1. The van der Waals surface area contributed by atoms with E-state index in [9.17, 15) is 4.79 Å². The van der Waals surface area contributed by atoms with Crippen molar-refractivity contribution in [2.24, 2.45) is 0 Å². The van der Waals surface area contributed by atoms with Crippen LogP contribution in [0.1, 0.15) is 29.4 Å². The Morgan fingerprint density at radius 1 is 1.25 bits per heavy atom. The molecular formula is C16H18N2O2. The van der Waals surface area contributed by atoms with Crippen LogP contribution in [0.4, 0.5) is 5.69 Å². The van der Waals surface area contributed by atoms with Gasteiger partial charge in [-0.2, -0.15) is 0 Å². The molecule has 0 aliphatic rings. The molecule has 1 aromatic heterocycles. The molecule has 0 radical (unpaired) electrons. The highest BCUT2D eigenvalue weighted by Crippen LogP contribution is 2.15. The van der Waals surface area contributed by atoms with Crippen molar-refractivity contribution in [1.82, 2.24) is 4.98 Å². The third kappa shape index (κ3) is 3.82. The number of carboxylic acid groups (broad SMARTS) is 1. The van der Waals surface area contributed by atoms with Crippen LogP contribution in [0.2, 0.25) is 0 Å². The Kier molecular flexibility index (Phi) is 4.71. The van der Waals surface area contributed by atoms with E-state index >= 15 is 0 Å². The fraction of sp³-hybridized carbons (Fsp3) is 0.250. The summed E-state index contributed by atoms with van der Waals surface area (Å²) in [5, 5.41) is 12.3. The van der Waals surface area contributed by atoms with Gasteiger partial charge in [-0.25, -0.2) is 9.78 Å². The van der Waals surface area contributed by atoms with Crippen molar-refractivity contribution in [3.8, 4) is 0 Å². The molecule has 0 fully saturated rings. The number of pyridine rings is 1. The van der Waals surface area contributed by atoms with Gasteiger partial charge in [0.15, 0.2) is 5.69 Å². The first-order valence-corrected chi connectivity index (χ1v) is 6.65. The Bertz CT molecular complexity index is 570. The van der Waals surface area contributed by atoms with Crippen LogP contribution in [0.3, 0.4) is 0 Å². The van der Waals surface area contributed by atoms with Gasteiger partial charge in [0.1, 0.15) is 0 Å². The zero-order valence-electron chi connectivity index (χ0n) is 11.4. The van der Waals surface area contributed by atoms with Crippen LogP contribution in [0, 0.1) is 0 Å². The lowest BCUT2D eigenvalue weighted by molar-refractivity contribution is 0.0691. The number of anilines is 1. The normalized spacial score (nSPS) is 11.8. The van der Waals surface area contributed by atoms with Crippen LogP contribution in [-0.4, -0.2) is 22.1 Å². The van der Waals surface area contributed by atoms with Crippen LogP contribution >= 0.6 is 0 Å². The summed E-state index contributed by atoms with van der Waals surface area (Å²) < 4.78 is 0. The van der Waals surface area contributed by atoms with Crippen LogP contribution in [-0.2, 0) is 6.42 Å². The van der Waals surface area contributed by atoms with E-state index in [1.165, 1.54) is 11.8 Å². The maximum Gasteiger partial charge on any atom is 0.356 e. The van der Waals surface area contributed by atoms with E-state index in [0.29, 0.717) is 5.69 Å². The zero-order chi connectivity index (χ0) is 14.4. The molecule has 0 saturated heterocycles. The minimum atomic E-state index is -1.01. The summed E-state index contributed by atoms with van der Waals surface area (Å²) in [5.74, 6) is -1.01. The lowest BCUT2D eigenvalue weighted by atomic mass is 10.1. The Morgan fingerprint density at radius 3 is 2.70 bits per heavy atom. The predicted octanol–water partition coefficient (Wildman–Crippen LogP) is 3.21. The summed E-state index contributed by atoms with van der Waals surface area (Å²) in [7, 11) is 0. The number of benzene rings is 1. The fourth-order valence-corrected chi connectivity index (χ4v) is 2.06. The number of rotatable bonds is 6. The number of hydrogen-bond donors (Lipinski definition) is 2. The van der Waals surface area contributed by atoms with Gasteiger partial charge in [0.25, 0.3) is 0 Å². The summed E-state index contributed by atoms with van der Waals surface area (Å²) >= 11 is 0. The minimum Gasteiger partial charge on any atom is -0.476 e. The van der Waals surface area contributed by atoms with Crippen molar-refractivity contribution in [3.05, 3.63) is 59.9 Å². The van der Waals surface area contributed by atoms with Crippen LogP contribution in [0.25, 0.3) is 0 Å². The maximum absolute atomic E-state index is 11.1. The highest BCUT2D eigenvalue weighted by Gasteiger charge is 2.12. The quantitative estimate of drug-likeness (QED) is 0.846. The molecular weight excluding hydrogens is 252 g/mol. The van der Waals surface area contributed by atoms with Gasteiger partial charge in [0.2, 0.25) is 0 Å². The second-order valence-electron chi connectivity index (χ2n) is 4.77. The molecule has 0 amide bonds. The van der Waals surface area contributed by atoms with Crippen LogP contribution in [0.15, 0.2) is 48.7 Å².